The predicted octanol–water partition coefficient (Wildman–Crippen LogP) is 6.22. The quantitative estimate of drug-likeness (QED) is 0.346. The summed E-state index contributed by atoms with van der Waals surface area (Å²) in [6.45, 7) is 2.36. The molecule has 4 N–H and O–H groups in total. The summed E-state index contributed by atoms with van der Waals surface area (Å²) in [4.78, 5) is 10.8. The lowest BCUT2D eigenvalue weighted by Crippen LogP contribution is -2.47. The first-order valence-corrected chi connectivity index (χ1v) is 13.7. The number of fused-ring (bicyclic) bond motifs is 5. The number of phenolic OH excluding ortho intramolecular Hbond substituents is 1. The van der Waals surface area contributed by atoms with Gasteiger partial charge in [-0.2, -0.15) is 0 Å². The number of rotatable bonds is 11. The molecule has 2 saturated carbocycles. The van der Waals surface area contributed by atoms with Gasteiger partial charge in [0, 0.05) is 6.42 Å². The molecule has 0 aliphatic heterocycles. The normalized spacial score (nSPS) is 32.7. The summed E-state index contributed by atoms with van der Waals surface area (Å²) in [5.41, 5.74) is 8.16. The van der Waals surface area contributed by atoms with E-state index in [1.54, 1.807) is 0 Å². The summed E-state index contributed by atoms with van der Waals surface area (Å²) in [5, 5.41) is 20.9. The molecule has 4 heteroatoms. The first-order chi connectivity index (χ1) is 15.9. The third-order valence-electron chi connectivity index (χ3n) is 9.58. The Labute approximate surface area is 200 Å². The van der Waals surface area contributed by atoms with E-state index in [2.05, 4.69) is 13.0 Å². The number of primary amides is 1. The van der Waals surface area contributed by atoms with Crippen LogP contribution in [0.25, 0.3) is 0 Å². The van der Waals surface area contributed by atoms with Crippen LogP contribution in [0.5, 0.6) is 5.75 Å². The molecule has 0 bridgehead atoms. The summed E-state index contributed by atoms with van der Waals surface area (Å²) in [6, 6.07) is 6.09. The van der Waals surface area contributed by atoms with E-state index >= 15 is 0 Å². The Morgan fingerprint density at radius 3 is 2.45 bits per heavy atom. The molecule has 3 unspecified atom stereocenters. The molecule has 2 fully saturated rings. The van der Waals surface area contributed by atoms with Crippen LogP contribution in [0.4, 0.5) is 0 Å². The first-order valence-electron chi connectivity index (χ1n) is 13.7. The van der Waals surface area contributed by atoms with Crippen molar-refractivity contribution < 1.29 is 15.0 Å². The van der Waals surface area contributed by atoms with Crippen molar-refractivity contribution in [1.29, 1.82) is 0 Å². The molecule has 33 heavy (non-hydrogen) atoms. The number of amides is 1. The van der Waals surface area contributed by atoms with Gasteiger partial charge in [-0.15, -0.1) is 0 Å². The molecule has 1 amide bonds. The molecule has 1 aromatic rings. The van der Waals surface area contributed by atoms with Gasteiger partial charge in [0.15, 0.2) is 0 Å². The van der Waals surface area contributed by atoms with Crippen LogP contribution in [0.1, 0.15) is 114 Å². The molecule has 4 rings (SSSR count). The van der Waals surface area contributed by atoms with E-state index in [1.165, 1.54) is 68.9 Å². The molecular weight excluding hydrogens is 410 g/mol. The van der Waals surface area contributed by atoms with Crippen molar-refractivity contribution in [1.82, 2.24) is 0 Å². The Hall–Kier alpha value is -1.55. The zero-order valence-electron chi connectivity index (χ0n) is 20.6. The van der Waals surface area contributed by atoms with Gasteiger partial charge in [0.25, 0.3) is 0 Å². The zero-order chi connectivity index (χ0) is 23.4. The second-order valence-corrected chi connectivity index (χ2v) is 11.6. The molecule has 4 nitrogen and oxygen atoms in total. The van der Waals surface area contributed by atoms with Gasteiger partial charge in [-0.1, -0.05) is 57.9 Å². The molecule has 0 saturated heterocycles. The Morgan fingerprint density at radius 2 is 1.73 bits per heavy atom. The number of aliphatic hydroxyl groups is 1. The van der Waals surface area contributed by atoms with Gasteiger partial charge in [-0.3, -0.25) is 4.79 Å². The SMILES string of the molecule is C[C@]12CCC3c4ccc(O)cc4C[C@@H](CCCCCCCCCCC(N)=O)C3C1CC[C@@H]2O. The largest absolute Gasteiger partial charge is 0.508 e. The van der Waals surface area contributed by atoms with Gasteiger partial charge in [0.05, 0.1) is 6.10 Å². The van der Waals surface area contributed by atoms with E-state index in [0.29, 0.717) is 35.8 Å². The number of hydrogen-bond acceptors (Lipinski definition) is 3. The van der Waals surface area contributed by atoms with E-state index in [-0.39, 0.29) is 17.4 Å². The minimum atomic E-state index is -0.178. The van der Waals surface area contributed by atoms with Crippen molar-refractivity contribution in [2.75, 3.05) is 0 Å². The fourth-order valence-electron chi connectivity index (χ4n) is 7.80. The summed E-state index contributed by atoms with van der Waals surface area (Å²) < 4.78 is 0. The van der Waals surface area contributed by atoms with Crippen LogP contribution in [0.15, 0.2) is 18.2 Å². The monoisotopic (exact) mass is 455 g/mol. The maximum Gasteiger partial charge on any atom is 0.217 e. The topological polar surface area (TPSA) is 83.5 Å². The highest BCUT2D eigenvalue weighted by atomic mass is 16.3. The maximum absolute atomic E-state index is 10.8. The predicted molar refractivity (Wildman–Crippen MR) is 133 cm³/mol. The molecule has 0 spiro atoms. The number of carbonyl (C=O) groups is 1. The van der Waals surface area contributed by atoms with Crippen LogP contribution < -0.4 is 5.73 Å². The highest BCUT2D eigenvalue weighted by Gasteiger charge is 2.56. The van der Waals surface area contributed by atoms with Gasteiger partial charge in [0.2, 0.25) is 5.91 Å². The van der Waals surface area contributed by atoms with Crippen molar-refractivity contribution in [3.8, 4) is 5.75 Å². The van der Waals surface area contributed by atoms with Gasteiger partial charge in [0.1, 0.15) is 5.75 Å². The standard InChI is InChI=1S/C29H45NO3/c1-29-17-16-24-23-13-12-22(31)19-21(23)18-20(28(24)25(29)14-15-26(29)32)10-8-6-4-2-3-5-7-9-11-27(30)33/h12-13,19-20,24-26,28,31-32H,2-11,14-18H2,1H3,(H2,30,33)/t20-,24?,25?,26+,28?,29+/m1/s1. The molecular formula is C29H45NO3. The van der Waals surface area contributed by atoms with E-state index < -0.39 is 0 Å². The minimum absolute atomic E-state index is 0.0996. The molecule has 1 aromatic carbocycles. The summed E-state index contributed by atoms with van der Waals surface area (Å²) in [6.07, 6.45) is 16.9. The van der Waals surface area contributed by atoms with Crippen LogP contribution in [0.3, 0.4) is 0 Å². The first kappa shape index (κ1) is 24.6. The van der Waals surface area contributed by atoms with Crippen LogP contribution in [0.2, 0.25) is 0 Å². The lowest BCUT2D eigenvalue weighted by molar-refractivity contribution is -0.118. The highest BCUT2D eigenvalue weighted by molar-refractivity contribution is 5.73. The molecule has 184 valence electrons. The molecule has 0 radical (unpaired) electrons. The lowest BCUT2D eigenvalue weighted by atomic mass is 9.52. The lowest BCUT2D eigenvalue weighted by Gasteiger charge is -2.53. The summed E-state index contributed by atoms with van der Waals surface area (Å²) >= 11 is 0. The average molecular weight is 456 g/mol. The van der Waals surface area contributed by atoms with E-state index in [0.717, 1.165) is 32.1 Å². The minimum Gasteiger partial charge on any atom is -0.508 e. The number of phenols is 1. The van der Waals surface area contributed by atoms with Crippen LogP contribution >= 0.6 is 0 Å². The zero-order valence-corrected chi connectivity index (χ0v) is 20.6. The Kier molecular flexibility index (Phi) is 8.04. The fourth-order valence-corrected chi connectivity index (χ4v) is 7.80. The number of aromatic hydroxyl groups is 1. The number of aliphatic hydroxyl groups excluding tert-OH is 1. The number of hydrogen-bond donors (Lipinski definition) is 3. The molecule has 0 heterocycles. The van der Waals surface area contributed by atoms with Gasteiger partial charge >= 0.3 is 0 Å². The Morgan fingerprint density at radius 1 is 1.03 bits per heavy atom. The van der Waals surface area contributed by atoms with E-state index in [1.807, 2.05) is 12.1 Å². The second-order valence-electron chi connectivity index (χ2n) is 11.6. The summed E-state index contributed by atoms with van der Waals surface area (Å²) in [7, 11) is 0. The fraction of sp³-hybridized carbons (Fsp3) is 0.759. The van der Waals surface area contributed by atoms with Gasteiger partial charge in [-0.25, -0.2) is 0 Å². The Bertz CT molecular complexity index is 808. The molecule has 6 atom stereocenters. The number of nitrogens with two attached hydrogens (primary N) is 1. The van der Waals surface area contributed by atoms with Crippen molar-refractivity contribution in [3.63, 3.8) is 0 Å². The van der Waals surface area contributed by atoms with Crippen molar-refractivity contribution in [2.45, 2.75) is 115 Å². The smallest absolute Gasteiger partial charge is 0.217 e. The number of benzene rings is 1. The maximum atomic E-state index is 10.8. The molecule has 3 aliphatic rings. The Balaban J connectivity index is 1.31. The van der Waals surface area contributed by atoms with E-state index in [4.69, 9.17) is 5.73 Å². The van der Waals surface area contributed by atoms with Gasteiger partial charge < -0.3 is 15.9 Å². The highest BCUT2D eigenvalue weighted by Crippen LogP contribution is 2.62. The van der Waals surface area contributed by atoms with E-state index in [9.17, 15) is 15.0 Å². The number of carbonyl (C=O) groups excluding carboxylic acids is 1. The van der Waals surface area contributed by atoms with Gasteiger partial charge in [-0.05, 0) is 97.3 Å². The summed E-state index contributed by atoms with van der Waals surface area (Å²) in [5.74, 6) is 2.82. The molecule has 3 aliphatic carbocycles. The number of unbranched alkanes of at least 4 members (excludes halogenated alkanes) is 7. The molecule has 0 aromatic heterocycles. The van der Waals surface area contributed by atoms with Crippen LogP contribution in [-0.2, 0) is 11.2 Å². The second kappa shape index (κ2) is 10.8. The van der Waals surface area contributed by atoms with Crippen LogP contribution in [0, 0.1) is 23.2 Å². The average Bonchev–Trinajstić information content (AvgIpc) is 3.08. The van der Waals surface area contributed by atoms with Crippen molar-refractivity contribution in [3.05, 3.63) is 29.3 Å². The third-order valence-corrected chi connectivity index (χ3v) is 9.58. The third kappa shape index (κ3) is 5.42. The van der Waals surface area contributed by atoms with Crippen molar-refractivity contribution >= 4 is 5.91 Å². The van der Waals surface area contributed by atoms with Crippen LogP contribution in [-0.4, -0.2) is 22.2 Å². The van der Waals surface area contributed by atoms with Crippen molar-refractivity contribution in [2.24, 2.45) is 28.9 Å².